The summed E-state index contributed by atoms with van der Waals surface area (Å²) in [4.78, 5) is 0. The summed E-state index contributed by atoms with van der Waals surface area (Å²) < 4.78 is 16.4. The molecule has 1 rings (SSSR count). The summed E-state index contributed by atoms with van der Waals surface area (Å²) >= 11 is 0. The van der Waals surface area contributed by atoms with Gasteiger partial charge in [0, 0.05) is 26.3 Å². The summed E-state index contributed by atoms with van der Waals surface area (Å²) in [6.45, 7) is 6.69. The molecule has 1 heterocycles. The molecule has 5 heteroatoms. The Labute approximate surface area is 123 Å². The minimum atomic E-state index is -0.464. The number of aliphatic hydroxyl groups excluding tert-OH is 1. The maximum Gasteiger partial charge on any atom is 0.0897 e. The third kappa shape index (κ3) is 9.66. The van der Waals surface area contributed by atoms with E-state index in [9.17, 15) is 5.11 Å². The van der Waals surface area contributed by atoms with Gasteiger partial charge in [0.25, 0.3) is 0 Å². The number of ether oxygens (including phenoxy) is 3. The van der Waals surface area contributed by atoms with Crippen LogP contribution in [0.15, 0.2) is 0 Å². The Hall–Kier alpha value is -0.200. The van der Waals surface area contributed by atoms with Crippen LogP contribution in [-0.2, 0) is 14.2 Å². The monoisotopic (exact) mass is 289 g/mol. The van der Waals surface area contributed by atoms with E-state index in [1.54, 1.807) is 0 Å². The molecular weight excluding hydrogens is 258 g/mol. The van der Waals surface area contributed by atoms with Crippen LogP contribution in [0.25, 0.3) is 0 Å². The first-order chi connectivity index (χ1) is 9.83. The Morgan fingerprint density at radius 3 is 2.85 bits per heavy atom. The lowest BCUT2D eigenvalue weighted by Crippen LogP contribution is -2.37. The van der Waals surface area contributed by atoms with Gasteiger partial charge in [-0.05, 0) is 25.7 Å². The highest BCUT2D eigenvalue weighted by Gasteiger charge is 2.13. The van der Waals surface area contributed by atoms with Gasteiger partial charge >= 0.3 is 0 Å². The molecule has 20 heavy (non-hydrogen) atoms. The normalized spacial score (nSPS) is 21.0. The summed E-state index contributed by atoms with van der Waals surface area (Å²) in [6.07, 6.45) is 5.63. The van der Waals surface area contributed by atoms with Crippen molar-refractivity contribution in [2.45, 2.75) is 51.2 Å². The lowest BCUT2D eigenvalue weighted by Gasteiger charge is -2.23. The molecule has 2 atom stereocenters. The van der Waals surface area contributed by atoms with Crippen LogP contribution in [0.3, 0.4) is 0 Å². The van der Waals surface area contributed by atoms with Gasteiger partial charge in [0.2, 0.25) is 0 Å². The molecule has 1 aliphatic rings. The fourth-order valence-corrected chi connectivity index (χ4v) is 2.12. The van der Waals surface area contributed by atoms with E-state index in [4.69, 9.17) is 14.2 Å². The van der Waals surface area contributed by atoms with Crippen molar-refractivity contribution in [2.24, 2.45) is 0 Å². The van der Waals surface area contributed by atoms with Crippen LogP contribution in [0.5, 0.6) is 0 Å². The first kappa shape index (κ1) is 17.9. The zero-order chi connectivity index (χ0) is 14.5. The predicted octanol–water partition coefficient (Wildman–Crippen LogP) is 1.34. The Bertz CT molecular complexity index is 210. The van der Waals surface area contributed by atoms with Crippen molar-refractivity contribution in [1.82, 2.24) is 5.32 Å². The summed E-state index contributed by atoms with van der Waals surface area (Å²) in [5, 5.41) is 13.0. The van der Waals surface area contributed by atoms with Crippen LogP contribution >= 0.6 is 0 Å². The molecule has 1 saturated heterocycles. The molecule has 0 amide bonds. The van der Waals surface area contributed by atoms with Crippen LogP contribution in [0.1, 0.15) is 39.0 Å². The second-order valence-corrected chi connectivity index (χ2v) is 5.34. The van der Waals surface area contributed by atoms with Crippen molar-refractivity contribution in [3.05, 3.63) is 0 Å². The maximum atomic E-state index is 9.75. The highest BCUT2D eigenvalue weighted by Crippen LogP contribution is 2.11. The number of aliphatic hydroxyl groups is 1. The second-order valence-electron chi connectivity index (χ2n) is 5.34. The number of unbranched alkanes of at least 4 members (excludes halogenated alkanes) is 1. The van der Waals surface area contributed by atoms with E-state index in [0.717, 1.165) is 39.0 Å². The van der Waals surface area contributed by atoms with Gasteiger partial charge in [-0.15, -0.1) is 0 Å². The van der Waals surface area contributed by atoms with Crippen molar-refractivity contribution in [3.63, 3.8) is 0 Å². The maximum absolute atomic E-state index is 9.75. The zero-order valence-corrected chi connectivity index (χ0v) is 12.8. The van der Waals surface area contributed by atoms with Crippen molar-refractivity contribution >= 4 is 0 Å². The molecule has 2 unspecified atom stereocenters. The van der Waals surface area contributed by atoms with Crippen LogP contribution in [0.2, 0.25) is 0 Å². The van der Waals surface area contributed by atoms with E-state index in [2.05, 4.69) is 12.2 Å². The van der Waals surface area contributed by atoms with E-state index in [1.807, 2.05) is 0 Å². The number of rotatable bonds is 12. The third-order valence-electron chi connectivity index (χ3n) is 3.35. The SMILES string of the molecule is CCCCOCCOCC(O)CNCC1CCCCO1. The smallest absolute Gasteiger partial charge is 0.0897 e. The van der Waals surface area contributed by atoms with Crippen molar-refractivity contribution < 1.29 is 19.3 Å². The van der Waals surface area contributed by atoms with Gasteiger partial charge in [-0.1, -0.05) is 13.3 Å². The molecule has 120 valence electrons. The van der Waals surface area contributed by atoms with Crippen LogP contribution < -0.4 is 5.32 Å². The van der Waals surface area contributed by atoms with Gasteiger partial charge in [-0.3, -0.25) is 0 Å². The second kappa shape index (κ2) is 12.5. The zero-order valence-electron chi connectivity index (χ0n) is 12.8. The van der Waals surface area contributed by atoms with Gasteiger partial charge in [0.05, 0.1) is 32.0 Å². The average Bonchev–Trinajstić information content (AvgIpc) is 2.47. The van der Waals surface area contributed by atoms with Crippen molar-refractivity contribution in [1.29, 1.82) is 0 Å². The predicted molar refractivity (Wildman–Crippen MR) is 79.0 cm³/mol. The fourth-order valence-electron chi connectivity index (χ4n) is 2.12. The van der Waals surface area contributed by atoms with Crippen LogP contribution in [0, 0.1) is 0 Å². The van der Waals surface area contributed by atoms with Gasteiger partial charge in [-0.2, -0.15) is 0 Å². The Balaban J connectivity index is 1.83. The summed E-state index contributed by atoms with van der Waals surface area (Å²) in [5.41, 5.74) is 0. The standard InChI is InChI=1S/C15H31NO4/c1-2-3-7-18-9-10-19-13-14(17)11-16-12-15-6-4-5-8-20-15/h14-17H,2-13H2,1H3. The van der Waals surface area contributed by atoms with E-state index >= 15 is 0 Å². The lowest BCUT2D eigenvalue weighted by molar-refractivity contribution is -0.00255. The van der Waals surface area contributed by atoms with Gasteiger partial charge in [0.15, 0.2) is 0 Å². The van der Waals surface area contributed by atoms with Gasteiger partial charge in [0.1, 0.15) is 0 Å². The molecule has 1 aliphatic heterocycles. The Morgan fingerprint density at radius 2 is 2.10 bits per heavy atom. The average molecular weight is 289 g/mol. The third-order valence-corrected chi connectivity index (χ3v) is 3.35. The molecule has 0 aliphatic carbocycles. The lowest BCUT2D eigenvalue weighted by atomic mass is 10.1. The highest BCUT2D eigenvalue weighted by atomic mass is 16.5. The van der Waals surface area contributed by atoms with E-state index in [0.29, 0.717) is 32.5 Å². The molecular formula is C15H31NO4. The quantitative estimate of drug-likeness (QED) is 0.531. The van der Waals surface area contributed by atoms with E-state index in [1.165, 1.54) is 12.8 Å². The van der Waals surface area contributed by atoms with Gasteiger partial charge in [-0.25, -0.2) is 0 Å². The van der Waals surface area contributed by atoms with Gasteiger partial charge < -0.3 is 24.6 Å². The molecule has 1 fully saturated rings. The van der Waals surface area contributed by atoms with E-state index in [-0.39, 0.29) is 0 Å². The largest absolute Gasteiger partial charge is 0.389 e. The Morgan fingerprint density at radius 1 is 1.25 bits per heavy atom. The minimum absolute atomic E-state index is 0.309. The first-order valence-corrected chi connectivity index (χ1v) is 7.98. The summed E-state index contributed by atoms with van der Waals surface area (Å²) in [6, 6.07) is 0. The molecule has 0 aromatic rings. The molecule has 0 saturated carbocycles. The molecule has 0 spiro atoms. The molecule has 2 N–H and O–H groups in total. The number of nitrogens with one attached hydrogen (secondary N) is 1. The van der Waals surface area contributed by atoms with Crippen molar-refractivity contribution in [2.75, 3.05) is 46.1 Å². The summed E-state index contributed by atoms with van der Waals surface area (Å²) in [7, 11) is 0. The molecule has 0 radical (unpaired) electrons. The van der Waals surface area contributed by atoms with Crippen LogP contribution in [0.4, 0.5) is 0 Å². The summed E-state index contributed by atoms with van der Waals surface area (Å²) in [5.74, 6) is 0. The number of hydrogen-bond donors (Lipinski definition) is 2. The molecule has 0 aromatic heterocycles. The van der Waals surface area contributed by atoms with Crippen LogP contribution in [-0.4, -0.2) is 63.4 Å². The van der Waals surface area contributed by atoms with E-state index < -0.39 is 6.10 Å². The highest BCUT2D eigenvalue weighted by molar-refractivity contribution is 4.68. The topological polar surface area (TPSA) is 60.0 Å². The number of hydrogen-bond acceptors (Lipinski definition) is 5. The molecule has 0 aromatic carbocycles. The van der Waals surface area contributed by atoms with Crippen molar-refractivity contribution in [3.8, 4) is 0 Å². The minimum Gasteiger partial charge on any atom is -0.389 e. The first-order valence-electron chi connectivity index (χ1n) is 7.98. The fraction of sp³-hybridized carbons (Fsp3) is 1.00. The molecule has 5 nitrogen and oxygen atoms in total. The molecule has 0 bridgehead atoms. The Kier molecular flexibility index (Phi) is 11.2.